The van der Waals surface area contributed by atoms with Crippen LogP contribution in [0.2, 0.25) is 0 Å². The summed E-state index contributed by atoms with van der Waals surface area (Å²) >= 11 is 0. The second kappa shape index (κ2) is 4.72. The molecule has 3 fully saturated rings. The number of anilines is 1. The summed E-state index contributed by atoms with van der Waals surface area (Å²) in [5.74, 6) is -2.95. The third kappa shape index (κ3) is 1.59. The number of carbonyl (C=O) groups excluding carboxylic acids is 2. The van der Waals surface area contributed by atoms with E-state index in [1.165, 1.54) is 18.2 Å². The minimum Gasteiger partial charge on any atom is -0.357 e. The molecular formula is C17H14FNO5. The second-order valence-electron chi connectivity index (χ2n) is 6.34. The van der Waals surface area contributed by atoms with Crippen molar-refractivity contribution in [1.82, 2.24) is 0 Å². The van der Waals surface area contributed by atoms with Gasteiger partial charge in [-0.25, -0.2) is 9.29 Å². The van der Waals surface area contributed by atoms with Gasteiger partial charge in [-0.15, -0.1) is 0 Å². The predicted molar refractivity (Wildman–Crippen MR) is 78.3 cm³/mol. The number of hydrogen-bond acceptors (Lipinski definition) is 5. The Morgan fingerprint density at radius 3 is 2.62 bits per heavy atom. The molecule has 4 heterocycles. The minimum absolute atomic E-state index is 0.0234. The molecule has 7 heteroatoms. The number of imide groups is 1. The van der Waals surface area contributed by atoms with Gasteiger partial charge < -0.3 is 14.2 Å². The third-order valence-electron chi connectivity index (χ3n) is 5.16. The summed E-state index contributed by atoms with van der Waals surface area (Å²) in [6.45, 7) is 0.815. The molecule has 1 aromatic carbocycles. The van der Waals surface area contributed by atoms with Crippen LogP contribution in [0, 0.1) is 17.7 Å². The Labute approximate surface area is 136 Å². The van der Waals surface area contributed by atoms with Crippen molar-refractivity contribution in [3.05, 3.63) is 42.2 Å². The molecule has 5 rings (SSSR count). The normalized spacial score (nSPS) is 37.7. The average Bonchev–Trinajstić information content (AvgIpc) is 3.33. The van der Waals surface area contributed by atoms with Gasteiger partial charge in [0.15, 0.2) is 11.9 Å². The third-order valence-corrected chi connectivity index (χ3v) is 5.16. The van der Waals surface area contributed by atoms with Gasteiger partial charge in [-0.3, -0.25) is 9.59 Å². The molecule has 0 N–H and O–H groups in total. The van der Waals surface area contributed by atoms with Gasteiger partial charge in [0, 0.05) is 0 Å². The van der Waals surface area contributed by atoms with Gasteiger partial charge in [-0.05, 0) is 18.2 Å². The minimum atomic E-state index is -1.11. The lowest BCUT2D eigenvalue weighted by molar-refractivity contribution is -0.180. The smallest absolute Gasteiger partial charge is 0.241 e. The molecule has 24 heavy (non-hydrogen) atoms. The molecule has 2 bridgehead atoms. The molecule has 4 aliphatic rings. The molecule has 0 saturated carbocycles. The Morgan fingerprint density at radius 1 is 1.12 bits per heavy atom. The van der Waals surface area contributed by atoms with Crippen molar-refractivity contribution < 1.29 is 28.2 Å². The first-order valence-corrected chi connectivity index (χ1v) is 7.86. The van der Waals surface area contributed by atoms with Crippen molar-refractivity contribution in [2.45, 2.75) is 18.0 Å². The fourth-order valence-corrected chi connectivity index (χ4v) is 4.20. The molecule has 0 aliphatic carbocycles. The Hall–Kier alpha value is -2.09. The van der Waals surface area contributed by atoms with E-state index >= 15 is 0 Å². The van der Waals surface area contributed by atoms with Crippen LogP contribution in [0.25, 0.3) is 0 Å². The zero-order valence-electron chi connectivity index (χ0n) is 12.6. The van der Waals surface area contributed by atoms with E-state index in [1.807, 2.05) is 0 Å². The van der Waals surface area contributed by atoms with Crippen LogP contribution in [0.1, 0.15) is 0 Å². The van der Waals surface area contributed by atoms with Gasteiger partial charge in [0.05, 0.1) is 36.8 Å². The van der Waals surface area contributed by atoms with E-state index in [9.17, 15) is 14.0 Å². The average molecular weight is 331 g/mol. The number of hydrogen-bond donors (Lipinski definition) is 0. The number of carbonyl (C=O) groups is 2. The highest BCUT2D eigenvalue weighted by atomic mass is 19.1. The summed E-state index contributed by atoms with van der Waals surface area (Å²) in [6.07, 6.45) is 2.27. The Balaban J connectivity index is 1.59. The van der Waals surface area contributed by atoms with Gasteiger partial charge in [-0.2, -0.15) is 0 Å². The highest BCUT2D eigenvalue weighted by Gasteiger charge is 2.71. The maximum absolute atomic E-state index is 14.1. The van der Waals surface area contributed by atoms with Crippen molar-refractivity contribution in [3.8, 4) is 0 Å². The number of para-hydroxylation sites is 1. The lowest BCUT2D eigenvalue weighted by Gasteiger charge is -2.32. The van der Waals surface area contributed by atoms with Crippen LogP contribution in [0.3, 0.4) is 0 Å². The van der Waals surface area contributed by atoms with E-state index in [2.05, 4.69) is 0 Å². The topological polar surface area (TPSA) is 65.1 Å². The molecule has 0 spiro atoms. The zero-order valence-corrected chi connectivity index (χ0v) is 12.6. The van der Waals surface area contributed by atoms with Crippen LogP contribution in [0.15, 0.2) is 36.4 Å². The monoisotopic (exact) mass is 331 g/mol. The fourth-order valence-electron chi connectivity index (χ4n) is 4.20. The van der Waals surface area contributed by atoms with Gasteiger partial charge in [0.25, 0.3) is 0 Å². The molecule has 6 nitrogen and oxygen atoms in total. The van der Waals surface area contributed by atoms with Crippen LogP contribution in [0.5, 0.6) is 0 Å². The number of rotatable bonds is 2. The molecule has 4 aliphatic heterocycles. The Kier molecular flexibility index (Phi) is 2.81. The van der Waals surface area contributed by atoms with Crippen molar-refractivity contribution in [1.29, 1.82) is 0 Å². The summed E-state index contributed by atoms with van der Waals surface area (Å²) in [5, 5.41) is 0. The predicted octanol–water partition coefficient (Wildman–Crippen LogP) is 1.01. The molecule has 0 unspecified atom stereocenters. The number of benzene rings is 1. The molecule has 0 aromatic heterocycles. The number of ether oxygens (including phenoxy) is 3. The van der Waals surface area contributed by atoms with Crippen molar-refractivity contribution >= 4 is 17.5 Å². The SMILES string of the molecule is O=C1[C@H]2[C@H]3C=C[C@@](C4OCCO4)(O3)[C@H]2C(=O)N1c1ccccc1F. The van der Waals surface area contributed by atoms with Crippen LogP contribution in [0.4, 0.5) is 10.1 Å². The molecule has 1 aromatic rings. The van der Waals surface area contributed by atoms with Gasteiger partial charge >= 0.3 is 0 Å². The van der Waals surface area contributed by atoms with E-state index in [0.717, 1.165) is 4.90 Å². The Morgan fingerprint density at radius 2 is 1.88 bits per heavy atom. The lowest BCUT2D eigenvalue weighted by atomic mass is 9.76. The zero-order chi connectivity index (χ0) is 16.5. The lowest BCUT2D eigenvalue weighted by Crippen LogP contribution is -2.49. The standard InChI is InChI=1S/C17H14FNO5/c18-9-3-1-2-4-10(9)19-14(20)12-11-5-6-17(24-11,13(12)15(19)21)16-22-7-8-23-16/h1-6,11-13,16H,7-8H2/t11-,12+,13-,17-/m1/s1. The molecular weight excluding hydrogens is 317 g/mol. The van der Waals surface area contributed by atoms with E-state index in [4.69, 9.17) is 14.2 Å². The summed E-state index contributed by atoms with van der Waals surface area (Å²) in [6, 6.07) is 5.76. The first kappa shape index (κ1) is 14.3. The first-order chi connectivity index (χ1) is 11.6. The first-order valence-electron chi connectivity index (χ1n) is 7.86. The number of fused-ring (bicyclic) bond motifs is 5. The highest BCUT2D eigenvalue weighted by molar-refractivity contribution is 6.23. The number of amides is 2. The number of nitrogens with zero attached hydrogens (tertiary/aromatic N) is 1. The van der Waals surface area contributed by atoms with Crippen LogP contribution >= 0.6 is 0 Å². The maximum Gasteiger partial charge on any atom is 0.241 e. The molecule has 3 saturated heterocycles. The summed E-state index contributed by atoms with van der Waals surface area (Å²) in [7, 11) is 0. The molecule has 2 amide bonds. The largest absolute Gasteiger partial charge is 0.357 e. The molecule has 0 radical (unpaired) electrons. The van der Waals surface area contributed by atoms with Crippen molar-refractivity contribution in [3.63, 3.8) is 0 Å². The molecule has 4 atom stereocenters. The van der Waals surface area contributed by atoms with Crippen molar-refractivity contribution in [2.75, 3.05) is 18.1 Å². The summed E-state index contributed by atoms with van der Waals surface area (Å²) in [4.78, 5) is 26.8. The fraction of sp³-hybridized carbons (Fsp3) is 0.412. The van der Waals surface area contributed by atoms with Gasteiger partial charge in [0.1, 0.15) is 5.82 Å². The maximum atomic E-state index is 14.1. The second-order valence-corrected chi connectivity index (χ2v) is 6.34. The number of halogens is 1. The summed E-state index contributed by atoms with van der Waals surface area (Å²) in [5.41, 5.74) is -1.14. The van der Waals surface area contributed by atoms with Crippen LogP contribution < -0.4 is 4.90 Å². The van der Waals surface area contributed by atoms with Gasteiger partial charge in [-0.1, -0.05) is 18.2 Å². The quantitative estimate of drug-likeness (QED) is 0.598. The van der Waals surface area contributed by atoms with E-state index in [-0.39, 0.29) is 5.69 Å². The highest BCUT2D eigenvalue weighted by Crippen LogP contribution is 2.55. The summed E-state index contributed by atoms with van der Waals surface area (Å²) < 4.78 is 31.2. The molecule has 124 valence electrons. The van der Waals surface area contributed by atoms with Gasteiger partial charge in [0.2, 0.25) is 11.8 Å². The van der Waals surface area contributed by atoms with Crippen molar-refractivity contribution in [2.24, 2.45) is 11.8 Å². The van der Waals surface area contributed by atoms with Crippen LogP contribution in [-0.4, -0.2) is 43.0 Å². The Bertz CT molecular complexity index is 774. The van der Waals surface area contributed by atoms with E-state index in [0.29, 0.717) is 13.2 Å². The van der Waals surface area contributed by atoms with Crippen LogP contribution in [-0.2, 0) is 23.8 Å². The van der Waals surface area contributed by atoms with E-state index < -0.39 is 47.5 Å². The van der Waals surface area contributed by atoms with E-state index in [1.54, 1.807) is 18.2 Å².